The summed E-state index contributed by atoms with van der Waals surface area (Å²) < 4.78 is 5.30. The molecule has 4 N–H and O–H groups in total. The molecule has 1 unspecified atom stereocenters. The van der Waals surface area contributed by atoms with Crippen LogP contribution in [0.5, 0.6) is 5.75 Å². The van der Waals surface area contributed by atoms with E-state index >= 15 is 0 Å². The lowest BCUT2D eigenvalue weighted by Crippen LogP contribution is -2.48. The fourth-order valence-electron chi connectivity index (χ4n) is 2.53. The van der Waals surface area contributed by atoms with Crippen LogP contribution in [-0.2, 0) is 9.59 Å². The van der Waals surface area contributed by atoms with Crippen molar-refractivity contribution < 1.29 is 19.1 Å². The molecule has 0 saturated carbocycles. The molecule has 8 nitrogen and oxygen atoms in total. The minimum Gasteiger partial charge on any atom is -0.483 e. The van der Waals surface area contributed by atoms with Gasteiger partial charge in [-0.1, -0.05) is 49.2 Å². The number of carbonyl (C=O) groups excluding carboxylic acids is 3. The molecule has 2 aromatic carbocycles. The van der Waals surface area contributed by atoms with E-state index in [0.717, 1.165) is 0 Å². The van der Waals surface area contributed by atoms with E-state index in [-0.39, 0.29) is 23.1 Å². The second-order valence-corrected chi connectivity index (χ2v) is 7.69. The molecule has 3 amide bonds. The molecule has 0 aliphatic rings. The highest BCUT2D eigenvalue weighted by Gasteiger charge is 2.25. The molecule has 2 aromatic rings. The Hall–Kier alpha value is -3.10. The van der Waals surface area contributed by atoms with Gasteiger partial charge in [-0.3, -0.25) is 14.4 Å². The van der Waals surface area contributed by atoms with Gasteiger partial charge in [0.1, 0.15) is 11.8 Å². The lowest BCUT2D eigenvalue weighted by atomic mass is 10.0. The van der Waals surface area contributed by atoms with Crippen LogP contribution >= 0.6 is 23.2 Å². The summed E-state index contributed by atoms with van der Waals surface area (Å²) in [6.07, 6.45) is 1.31. The van der Waals surface area contributed by atoms with Crippen molar-refractivity contribution in [1.82, 2.24) is 10.7 Å². The van der Waals surface area contributed by atoms with Crippen molar-refractivity contribution in [2.45, 2.75) is 19.9 Å². The molecule has 0 radical (unpaired) electrons. The Morgan fingerprint density at radius 1 is 1.16 bits per heavy atom. The van der Waals surface area contributed by atoms with Crippen molar-refractivity contribution in [3.63, 3.8) is 0 Å². The van der Waals surface area contributed by atoms with Gasteiger partial charge in [0.2, 0.25) is 0 Å². The van der Waals surface area contributed by atoms with Crippen LogP contribution in [0.1, 0.15) is 29.8 Å². The predicted octanol–water partition coefficient (Wildman–Crippen LogP) is 2.76. The van der Waals surface area contributed by atoms with E-state index in [0.29, 0.717) is 16.3 Å². The van der Waals surface area contributed by atoms with Gasteiger partial charge >= 0.3 is 0 Å². The standard InChI is InChI=1S/C21H22Cl2N4O4/c1-12(2)19(26-20(29)15-5-3-4-6-16(15)23)21(30)27-25-10-13-9-14(22)7-8-17(13)31-11-18(24)28/h3-10,12,19H,11H2,1-2H3,(H2,24,28)(H,26,29)(H,27,30)/b25-10+. The second kappa shape index (κ2) is 11.3. The van der Waals surface area contributed by atoms with Crippen molar-refractivity contribution in [2.24, 2.45) is 16.8 Å². The van der Waals surface area contributed by atoms with Gasteiger partial charge in [0, 0.05) is 10.6 Å². The summed E-state index contributed by atoms with van der Waals surface area (Å²) in [6, 6.07) is 10.4. The SMILES string of the molecule is CC(C)C(NC(=O)c1ccccc1Cl)C(=O)N/N=C/c1cc(Cl)ccc1OCC(N)=O. The highest BCUT2D eigenvalue weighted by Crippen LogP contribution is 2.21. The number of benzene rings is 2. The topological polar surface area (TPSA) is 123 Å². The molecule has 1 atom stereocenters. The molecule has 0 bridgehead atoms. The Morgan fingerprint density at radius 2 is 1.87 bits per heavy atom. The molecule has 0 aliphatic heterocycles. The largest absolute Gasteiger partial charge is 0.483 e. The van der Waals surface area contributed by atoms with Gasteiger partial charge in [0.05, 0.1) is 16.8 Å². The number of primary amides is 1. The van der Waals surface area contributed by atoms with Crippen molar-refractivity contribution >= 4 is 47.1 Å². The van der Waals surface area contributed by atoms with E-state index < -0.39 is 23.8 Å². The Kier molecular flexibility index (Phi) is 8.84. The Labute approximate surface area is 189 Å². The number of hydrogen-bond acceptors (Lipinski definition) is 5. The number of amides is 3. The number of carbonyl (C=O) groups is 3. The van der Waals surface area contributed by atoms with Gasteiger partial charge in [-0.05, 0) is 36.2 Å². The third kappa shape index (κ3) is 7.27. The Bertz CT molecular complexity index is 995. The number of ether oxygens (including phenoxy) is 1. The van der Waals surface area contributed by atoms with Gasteiger partial charge < -0.3 is 15.8 Å². The van der Waals surface area contributed by atoms with Crippen LogP contribution < -0.4 is 21.2 Å². The average Bonchev–Trinajstić information content (AvgIpc) is 2.71. The summed E-state index contributed by atoms with van der Waals surface area (Å²) in [4.78, 5) is 36.1. The average molecular weight is 465 g/mol. The summed E-state index contributed by atoms with van der Waals surface area (Å²) in [5.41, 5.74) is 8.17. The molecule has 0 aliphatic carbocycles. The monoisotopic (exact) mass is 464 g/mol. The van der Waals surface area contributed by atoms with E-state index in [1.807, 2.05) is 0 Å². The van der Waals surface area contributed by atoms with Crippen molar-refractivity contribution in [3.05, 3.63) is 63.6 Å². The van der Waals surface area contributed by atoms with E-state index in [2.05, 4.69) is 15.8 Å². The number of nitrogens with one attached hydrogen (secondary N) is 2. The fourth-order valence-corrected chi connectivity index (χ4v) is 2.94. The molecule has 164 valence electrons. The molecular weight excluding hydrogens is 443 g/mol. The normalized spacial score (nSPS) is 11.9. The summed E-state index contributed by atoms with van der Waals surface area (Å²) in [5, 5.41) is 7.27. The Morgan fingerprint density at radius 3 is 2.52 bits per heavy atom. The number of hydrazone groups is 1. The summed E-state index contributed by atoms with van der Waals surface area (Å²) in [5.74, 6) is -1.54. The number of nitrogens with two attached hydrogens (primary N) is 1. The minimum absolute atomic E-state index is 0.220. The lowest BCUT2D eigenvalue weighted by molar-refractivity contribution is -0.124. The van der Waals surface area contributed by atoms with Crippen LogP contribution in [0.15, 0.2) is 47.6 Å². The maximum absolute atomic E-state index is 12.6. The fraction of sp³-hybridized carbons (Fsp3) is 0.238. The quantitative estimate of drug-likeness (QED) is 0.389. The predicted molar refractivity (Wildman–Crippen MR) is 119 cm³/mol. The van der Waals surface area contributed by atoms with Gasteiger partial charge in [-0.25, -0.2) is 5.43 Å². The number of hydrogen-bond donors (Lipinski definition) is 3. The molecule has 0 aromatic heterocycles. The first kappa shape index (κ1) is 24.2. The molecular formula is C21H22Cl2N4O4. The van der Waals surface area contributed by atoms with Crippen LogP contribution in [0.25, 0.3) is 0 Å². The smallest absolute Gasteiger partial charge is 0.262 e. The summed E-state index contributed by atoms with van der Waals surface area (Å²) >= 11 is 12.0. The second-order valence-electron chi connectivity index (χ2n) is 6.85. The van der Waals surface area contributed by atoms with E-state index in [1.54, 1.807) is 56.3 Å². The number of nitrogens with zero attached hydrogens (tertiary/aromatic N) is 1. The van der Waals surface area contributed by atoms with Crippen molar-refractivity contribution in [3.8, 4) is 5.75 Å². The lowest BCUT2D eigenvalue weighted by Gasteiger charge is -2.20. The van der Waals surface area contributed by atoms with E-state index in [9.17, 15) is 14.4 Å². The third-order valence-corrected chi connectivity index (χ3v) is 4.64. The zero-order chi connectivity index (χ0) is 23.0. The Balaban J connectivity index is 2.09. The third-order valence-electron chi connectivity index (χ3n) is 4.07. The van der Waals surface area contributed by atoms with E-state index in [1.165, 1.54) is 6.21 Å². The highest BCUT2D eigenvalue weighted by molar-refractivity contribution is 6.33. The van der Waals surface area contributed by atoms with Gasteiger partial charge in [0.25, 0.3) is 17.7 Å². The maximum atomic E-state index is 12.6. The molecule has 31 heavy (non-hydrogen) atoms. The van der Waals surface area contributed by atoms with Crippen LogP contribution in [-0.4, -0.2) is 36.6 Å². The summed E-state index contributed by atoms with van der Waals surface area (Å²) in [7, 11) is 0. The zero-order valence-corrected chi connectivity index (χ0v) is 18.4. The first-order chi connectivity index (χ1) is 14.7. The van der Waals surface area contributed by atoms with Crippen LogP contribution in [0, 0.1) is 5.92 Å². The summed E-state index contributed by atoms with van der Waals surface area (Å²) in [6.45, 7) is 3.25. The first-order valence-corrected chi connectivity index (χ1v) is 10.0. The molecule has 0 heterocycles. The van der Waals surface area contributed by atoms with Gasteiger partial charge in [-0.2, -0.15) is 5.10 Å². The first-order valence-electron chi connectivity index (χ1n) is 9.28. The van der Waals surface area contributed by atoms with E-state index in [4.69, 9.17) is 33.7 Å². The van der Waals surface area contributed by atoms with Crippen molar-refractivity contribution in [1.29, 1.82) is 0 Å². The molecule has 2 rings (SSSR count). The number of rotatable bonds is 9. The molecule has 10 heteroatoms. The van der Waals surface area contributed by atoms with Crippen LogP contribution in [0.4, 0.5) is 0 Å². The van der Waals surface area contributed by atoms with Gasteiger partial charge in [0.15, 0.2) is 6.61 Å². The van der Waals surface area contributed by atoms with Gasteiger partial charge in [-0.15, -0.1) is 0 Å². The number of halogens is 2. The molecule has 0 saturated heterocycles. The van der Waals surface area contributed by atoms with Crippen LogP contribution in [0.3, 0.4) is 0 Å². The maximum Gasteiger partial charge on any atom is 0.262 e. The van der Waals surface area contributed by atoms with Crippen molar-refractivity contribution in [2.75, 3.05) is 6.61 Å². The molecule has 0 spiro atoms. The zero-order valence-electron chi connectivity index (χ0n) is 16.9. The van der Waals surface area contributed by atoms with Crippen LogP contribution in [0.2, 0.25) is 10.0 Å². The minimum atomic E-state index is -0.856. The highest BCUT2D eigenvalue weighted by atomic mass is 35.5. The molecule has 0 fully saturated rings.